The zero-order chi connectivity index (χ0) is 18.8. The average molecular weight is 381 g/mol. The summed E-state index contributed by atoms with van der Waals surface area (Å²) in [5, 5.41) is 2.41. The van der Waals surface area contributed by atoms with Crippen molar-refractivity contribution in [2.24, 2.45) is 5.92 Å². The lowest BCUT2D eigenvalue weighted by Crippen LogP contribution is -2.26. The van der Waals surface area contributed by atoms with E-state index in [9.17, 15) is 22.8 Å². The summed E-state index contributed by atoms with van der Waals surface area (Å²) in [4.78, 5) is 27.9. The number of carbonyl (C=O) groups excluding carboxylic acids is 1. The molecule has 3 rings (SSSR count). The van der Waals surface area contributed by atoms with E-state index < -0.39 is 29.5 Å². The molecule has 1 aliphatic carbocycles. The smallest absolute Gasteiger partial charge is 0.297 e. The number of nitrogens with one attached hydrogen (secondary N) is 1. The van der Waals surface area contributed by atoms with E-state index >= 15 is 0 Å². The van der Waals surface area contributed by atoms with E-state index in [4.69, 9.17) is 0 Å². The minimum absolute atomic E-state index is 0.0144. The van der Waals surface area contributed by atoms with Crippen LogP contribution in [0.25, 0.3) is 0 Å². The molecule has 0 saturated carbocycles. The number of carbonyl (C=O) groups is 1. The van der Waals surface area contributed by atoms with Crippen LogP contribution in [-0.2, 0) is 11.3 Å². The number of hydrogen-bond acceptors (Lipinski definition) is 4. The minimum atomic E-state index is -1.60. The third-order valence-corrected chi connectivity index (χ3v) is 4.78. The molecule has 1 heterocycles. The van der Waals surface area contributed by atoms with Gasteiger partial charge in [0.1, 0.15) is 17.8 Å². The van der Waals surface area contributed by atoms with Gasteiger partial charge >= 0.3 is 5.69 Å². The zero-order valence-corrected chi connectivity index (χ0v) is 14.4. The molecule has 2 aromatic rings. The number of anilines is 1. The van der Waals surface area contributed by atoms with Crippen molar-refractivity contribution in [2.45, 2.75) is 19.6 Å². The summed E-state index contributed by atoms with van der Waals surface area (Å²) in [6, 6.07) is 5.61. The highest BCUT2D eigenvalue weighted by Crippen LogP contribution is 2.28. The first-order chi connectivity index (χ1) is 12.3. The van der Waals surface area contributed by atoms with Crippen LogP contribution in [0.4, 0.5) is 18.3 Å². The number of halogens is 3. The largest absolute Gasteiger partial charge is 0.360 e. The number of nitrogens with zero attached hydrogens (tertiary/aromatic N) is 2. The molecule has 5 nitrogen and oxygen atoms in total. The van der Waals surface area contributed by atoms with Crippen molar-refractivity contribution < 1.29 is 18.0 Å². The molecule has 9 heteroatoms. The number of benzene rings is 1. The molecule has 26 heavy (non-hydrogen) atoms. The van der Waals surface area contributed by atoms with Gasteiger partial charge in [-0.25, -0.2) is 21.9 Å². The second kappa shape index (κ2) is 7.28. The summed E-state index contributed by atoms with van der Waals surface area (Å²) < 4.78 is 41.3. The van der Waals surface area contributed by atoms with Crippen LogP contribution < -0.4 is 11.0 Å². The van der Waals surface area contributed by atoms with Crippen LogP contribution in [0.1, 0.15) is 12.5 Å². The number of allylic oxidation sites excluding steroid dienone is 3. The van der Waals surface area contributed by atoms with Crippen molar-refractivity contribution in [1.82, 2.24) is 8.94 Å². The van der Waals surface area contributed by atoms with Gasteiger partial charge in [-0.1, -0.05) is 19.1 Å². The monoisotopic (exact) mass is 381 g/mol. The first-order valence-electron chi connectivity index (χ1n) is 7.70. The van der Waals surface area contributed by atoms with Crippen LogP contribution >= 0.6 is 11.5 Å². The van der Waals surface area contributed by atoms with Gasteiger partial charge in [-0.05, 0) is 41.4 Å². The third kappa shape index (κ3) is 3.93. The molecule has 1 aromatic carbocycles. The highest BCUT2D eigenvalue weighted by atomic mass is 32.1. The Morgan fingerprint density at radius 2 is 2.00 bits per heavy atom. The Balaban J connectivity index is 1.75. The lowest BCUT2D eigenvalue weighted by atomic mass is 9.91. The maximum atomic E-state index is 13.7. The fraction of sp³-hybridized carbons (Fsp3) is 0.235. The predicted octanol–water partition coefficient (Wildman–Crippen LogP) is 3.20. The van der Waals surface area contributed by atoms with Gasteiger partial charge in [0.15, 0.2) is 0 Å². The normalized spacial score (nSPS) is 19.7. The molecule has 0 saturated heterocycles. The van der Waals surface area contributed by atoms with Gasteiger partial charge in [0.2, 0.25) is 5.13 Å². The number of amides is 1. The highest BCUT2D eigenvalue weighted by Gasteiger charge is 2.28. The summed E-state index contributed by atoms with van der Waals surface area (Å²) in [6.07, 6.45) is 0.168. The van der Waals surface area contributed by atoms with Crippen LogP contribution in [0.2, 0.25) is 0 Å². The van der Waals surface area contributed by atoms with Crippen molar-refractivity contribution in [3.8, 4) is 0 Å². The summed E-state index contributed by atoms with van der Waals surface area (Å²) in [5.74, 6) is -2.74. The van der Waals surface area contributed by atoms with E-state index in [1.165, 1.54) is 35.1 Å². The molecule has 1 aromatic heterocycles. The summed E-state index contributed by atoms with van der Waals surface area (Å²) >= 11 is 0.892. The van der Waals surface area contributed by atoms with Crippen molar-refractivity contribution in [3.05, 3.63) is 69.7 Å². The number of aromatic nitrogens is 2. The van der Waals surface area contributed by atoms with Crippen molar-refractivity contribution in [3.63, 3.8) is 0 Å². The van der Waals surface area contributed by atoms with Gasteiger partial charge < -0.3 is 0 Å². The van der Waals surface area contributed by atoms with Crippen LogP contribution in [0.3, 0.4) is 0 Å². The summed E-state index contributed by atoms with van der Waals surface area (Å²) in [6.45, 7) is 1.63. The van der Waals surface area contributed by atoms with Gasteiger partial charge in [-0.2, -0.15) is 4.98 Å². The van der Waals surface area contributed by atoms with Gasteiger partial charge in [-0.15, -0.1) is 0 Å². The molecule has 0 aliphatic heterocycles. The molecule has 0 bridgehead atoms. The summed E-state index contributed by atoms with van der Waals surface area (Å²) in [5.41, 5.74) is 0.0334. The fourth-order valence-electron chi connectivity index (χ4n) is 2.45. The molecule has 1 amide bonds. The molecule has 2 atom stereocenters. The van der Waals surface area contributed by atoms with E-state index in [-0.39, 0.29) is 23.1 Å². The Morgan fingerprint density at radius 1 is 1.31 bits per heavy atom. The molecular formula is C17H14F3N3O2S. The van der Waals surface area contributed by atoms with Gasteiger partial charge in [-0.3, -0.25) is 10.1 Å². The fourth-order valence-corrected chi connectivity index (χ4v) is 3.25. The van der Waals surface area contributed by atoms with E-state index in [1.54, 1.807) is 0 Å². The average Bonchev–Trinajstić information content (AvgIpc) is 2.92. The standard InChI is InChI=1S/C17H14F3N3O2S/c1-9-13(6-12(19)7-14(9)20)15(24)21-16-22-17(25)23(26-16)8-10-2-4-11(18)5-3-10/h2-7,9,14H,8H2,1H3,(H,21,22,24,25). The number of alkyl halides is 1. The molecular weight excluding hydrogens is 367 g/mol. The number of rotatable bonds is 4. The Hall–Kier alpha value is -2.68. The van der Waals surface area contributed by atoms with Gasteiger partial charge in [0, 0.05) is 11.5 Å². The Morgan fingerprint density at radius 3 is 2.69 bits per heavy atom. The Bertz CT molecular complexity index is 947. The number of hydrogen-bond donors (Lipinski definition) is 1. The second-order valence-corrected chi connectivity index (χ2v) is 6.80. The SMILES string of the molecule is CC1C(C(=O)Nc2nc(=O)n(Cc3ccc(F)cc3)s2)=CC(F)=CC1F. The predicted molar refractivity (Wildman–Crippen MR) is 91.8 cm³/mol. The molecule has 0 fully saturated rings. The maximum absolute atomic E-state index is 13.7. The van der Waals surface area contributed by atoms with Crippen molar-refractivity contribution in [1.29, 1.82) is 0 Å². The Labute approximate surface area is 150 Å². The maximum Gasteiger partial charge on any atom is 0.360 e. The third-order valence-electron chi connectivity index (χ3n) is 3.91. The first kappa shape index (κ1) is 18.1. The van der Waals surface area contributed by atoms with Gasteiger partial charge in [0.05, 0.1) is 6.54 Å². The first-order valence-corrected chi connectivity index (χ1v) is 8.48. The topological polar surface area (TPSA) is 64.0 Å². The lowest BCUT2D eigenvalue weighted by Gasteiger charge is -2.20. The van der Waals surface area contributed by atoms with Crippen LogP contribution in [-0.4, -0.2) is 21.0 Å². The van der Waals surface area contributed by atoms with Crippen molar-refractivity contribution in [2.75, 3.05) is 5.32 Å². The molecule has 136 valence electrons. The van der Waals surface area contributed by atoms with E-state index in [2.05, 4.69) is 10.3 Å². The Kier molecular flexibility index (Phi) is 5.08. The molecule has 1 N–H and O–H groups in total. The van der Waals surface area contributed by atoms with Crippen LogP contribution in [0.15, 0.2) is 52.6 Å². The van der Waals surface area contributed by atoms with Crippen molar-refractivity contribution >= 4 is 22.6 Å². The molecule has 0 radical (unpaired) electrons. The van der Waals surface area contributed by atoms with Crippen LogP contribution in [0, 0.1) is 11.7 Å². The van der Waals surface area contributed by atoms with E-state index in [0.29, 0.717) is 5.56 Å². The quantitative estimate of drug-likeness (QED) is 0.885. The van der Waals surface area contributed by atoms with Crippen LogP contribution in [0.5, 0.6) is 0 Å². The zero-order valence-electron chi connectivity index (χ0n) is 13.6. The molecule has 1 aliphatic rings. The lowest BCUT2D eigenvalue weighted by molar-refractivity contribution is -0.113. The minimum Gasteiger partial charge on any atom is -0.297 e. The van der Waals surface area contributed by atoms with E-state index in [1.807, 2.05) is 0 Å². The molecule has 2 unspecified atom stereocenters. The molecule has 0 spiro atoms. The second-order valence-electron chi connectivity index (χ2n) is 5.79. The van der Waals surface area contributed by atoms with E-state index in [0.717, 1.165) is 23.7 Å². The summed E-state index contributed by atoms with van der Waals surface area (Å²) in [7, 11) is 0. The highest BCUT2D eigenvalue weighted by molar-refractivity contribution is 7.10. The van der Waals surface area contributed by atoms with Gasteiger partial charge in [0.25, 0.3) is 5.91 Å².